The molecule has 1 atom stereocenters. The second-order valence-corrected chi connectivity index (χ2v) is 6.11. The van der Waals surface area contributed by atoms with Gasteiger partial charge in [0.15, 0.2) is 0 Å². The number of aryl methyl sites for hydroxylation is 2. The molecule has 1 amide bonds. The van der Waals surface area contributed by atoms with E-state index >= 15 is 0 Å². The fraction of sp³-hybridized carbons (Fsp3) is 0.316. The van der Waals surface area contributed by atoms with Gasteiger partial charge in [0.05, 0.1) is 23.9 Å². The monoisotopic (exact) mass is 355 g/mol. The van der Waals surface area contributed by atoms with Gasteiger partial charge in [0.1, 0.15) is 11.3 Å². The highest BCUT2D eigenvalue weighted by atomic mass is 16.5. The molecule has 0 bridgehead atoms. The fourth-order valence-corrected chi connectivity index (χ4v) is 2.98. The van der Waals surface area contributed by atoms with Crippen LogP contribution < -0.4 is 15.7 Å². The first kappa shape index (κ1) is 17.7. The lowest BCUT2D eigenvalue weighted by molar-refractivity contribution is 0.0941. The van der Waals surface area contributed by atoms with Gasteiger partial charge in [0.2, 0.25) is 0 Å². The third kappa shape index (κ3) is 3.46. The van der Waals surface area contributed by atoms with Crippen LogP contribution in [0.4, 0.5) is 0 Å². The minimum absolute atomic E-state index is 0.249. The van der Waals surface area contributed by atoms with Gasteiger partial charge in [-0.2, -0.15) is 5.10 Å². The van der Waals surface area contributed by atoms with E-state index in [1.54, 1.807) is 22.9 Å². The van der Waals surface area contributed by atoms with E-state index in [0.717, 1.165) is 11.3 Å². The average molecular weight is 355 g/mol. The number of carbonyl (C=O) groups excluding carboxylic acids is 1. The number of aromatic nitrogens is 2. The van der Waals surface area contributed by atoms with Crippen LogP contribution in [-0.2, 0) is 7.05 Å². The number of hydrogen-bond donors (Lipinski definition) is 1. The molecule has 3 aromatic rings. The minimum Gasteiger partial charge on any atom is -0.494 e. The van der Waals surface area contributed by atoms with E-state index in [1.807, 2.05) is 34.0 Å². The van der Waals surface area contributed by atoms with Gasteiger partial charge in [-0.1, -0.05) is 0 Å². The highest BCUT2D eigenvalue weighted by Gasteiger charge is 2.18. The number of nitrogens with one attached hydrogen (secondary N) is 1. The summed E-state index contributed by atoms with van der Waals surface area (Å²) < 4.78 is 12.3. The van der Waals surface area contributed by atoms with Crippen LogP contribution in [0.3, 0.4) is 0 Å². The summed E-state index contributed by atoms with van der Waals surface area (Å²) in [5, 5.41) is 7.77. The molecule has 2 heterocycles. The van der Waals surface area contributed by atoms with Crippen molar-refractivity contribution in [2.24, 2.45) is 7.05 Å². The van der Waals surface area contributed by atoms with Crippen molar-refractivity contribution in [2.75, 3.05) is 6.61 Å². The van der Waals surface area contributed by atoms with Crippen molar-refractivity contribution < 1.29 is 13.9 Å². The van der Waals surface area contributed by atoms with Gasteiger partial charge in [0.25, 0.3) is 5.91 Å². The number of ether oxygens (including phenoxy) is 1. The zero-order valence-electron chi connectivity index (χ0n) is 15.2. The molecule has 0 saturated heterocycles. The Morgan fingerprint density at radius 1 is 1.38 bits per heavy atom. The molecule has 3 rings (SSSR count). The average Bonchev–Trinajstić information content (AvgIpc) is 2.92. The van der Waals surface area contributed by atoms with Gasteiger partial charge in [0, 0.05) is 36.3 Å². The summed E-state index contributed by atoms with van der Waals surface area (Å²) in [5.41, 5.74) is 1.78. The molecule has 1 aromatic carbocycles. The van der Waals surface area contributed by atoms with Gasteiger partial charge in [-0.25, -0.2) is 4.79 Å². The van der Waals surface area contributed by atoms with Crippen LogP contribution in [-0.4, -0.2) is 22.3 Å². The molecule has 0 spiro atoms. The summed E-state index contributed by atoms with van der Waals surface area (Å²) in [7, 11) is 1.83. The lowest BCUT2D eigenvalue weighted by atomic mass is 10.1. The quantitative estimate of drug-likeness (QED) is 0.711. The Hall–Kier alpha value is -3.09. The lowest BCUT2D eigenvalue weighted by Gasteiger charge is -2.14. The van der Waals surface area contributed by atoms with Crippen molar-refractivity contribution in [2.45, 2.75) is 26.8 Å². The van der Waals surface area contributed by atoms with E-state index in [4.69, 9.17) is 9.15 Å². The molecule has 0 radical (unpaired) electrons. The number of carbonyl (C=O) groups is 1. The van der Waals surface area contributed by atoms with Gasteiger partial charge in [-0.15, -0.1) is 0 Å². The molecule has 2 aromatic heterocycles. The van der Waals surface area contributed by atoms with Crippen LogP contribution in [0, 0.1) is 6.92 Å². The number of rotatable bonds is 5. The third-order valence-corrected chi connectivity index (χ3v) is 4.14. The predicted octanol–water partition coefficient (Wildman–Crippen LogP) is 2.72. The number of fused-ring (bicyclic) bond motifs is 1. The Labute approximate surface area is 150 Å². The Kier molecular flexibility index (Phi) is 4.79. The first-order valence-electron chi connectivity index (χ1n) is 8.40. The summed E-state index contributed by atoms with van der Waals surface area (Å²) in [5.74, 6) is 0.239. The summed E-state index contributed by atoms with van der Waals surface area (Å²) in [6, 6.07) is 6.04. The summed E-state index contributed by atoms with van der Waals surface area (Å²) in [6.07, 6.45) is 1.87. The molecular formula is C19H21N3O4. The normalized spacial score (nSPS) is 12.2. The van der Waals surface area contributed by atoms with Crippen molar-refractivity contribution in [3.63, 3.8) is 0 Å². The van der Waals surface area contributed by atoms with E-state index in [-0.39, 0.29) is 17.5 Å². The van der Waals surface area contributed by atoms with Crippen molar-refractivity contribution in [3.8, 4) is 5.75 Å². The predicted molar refractivity (Wildman–Crippen MR) is 97.5 cm³/mol. The van der Waals surface area contributed by atoms with Crippen LogP contribution >= 0.6 is 0 Å². The minimum atomic E-state index is -0.582. The molecule has 1 unspecified atom stereocenters. The van der Waals surface area contributed by atoms with E-state index < -0.39 is 5.63 Å². The molecular weight excluding hydrogens is 334 g/mol. The van der Waals surface area contributed by atoms with E-state index in [2.05, 4.69) is 10.4 Å². The summed E-state index contributed by atoms with van der Waals surface area (Å²) in [6.45, 7) is 6.13. The Morgan fingerprint density at radius 3 is 2.81 bits per heavy atom. The van der Waals surface area contributed by atoms with Gasteiger partial charge >= 0.3 is 5.63 Å². The highest BCUT2D eigenvalue weighted by Crippen LogP contribution is 2.24. The van der Waals surface area contributed by atoms with Gasteiger partial charge < -0.3 is 14.5 Å². The molecule has 0 aliphatic heterocycles. The number of nitrogens with zero attached hydrogens (tertiary/aromatic N) is 2. The van der Waals surface area contributed by atoms with Crippen molar-refractivity contribution >= 4 is 16.9 Å². The fourth-order valence-electron chi connectivity index (χ4n) is 2.98. The highest BCUT2D eigenvalue weighted by molar-refractivity contribution is 6.05. The Morgan fingerprint density at radius 2 is 2.15 bits per heavy atom. The lowest BCUT2D eigenvalue weighted by Crippen LogP contribution is -2.27. The van der Waals surface area contributed by atoms with Crippen LogP contribution in [0.15, 0.2) is 39.7 Å². The topological polar surface area (TPSA) is 86.4 Å². The molecule has 0 fully saturated rings. The largest absolute Gasteiger partial charge is 0.494 e. The molecule has 1 N–H and O–H groups in total. The molecule has 7 heteroatoms. The molecule has 26 heavy (non-hydrogen) atoms. The second-order valence-electron chi connectivity index (χ2n) is 6.11. The summed E-state index contributed by atoms with van der Waals surface area (Å²) in [4.78, 5) is 24.7. The van der Waals surface area contributed by atoms with Crippen molar-refractivity contribution in [1.29, 1.82) is 0 Å². The first-order valence-corrected chi connectivity index (χ1v) is 8.40. The number of hydrogen-bond acceptors (Lipinski definition) is 5. The SMILES string of the molecule is CCOc1ccc2c(C(=O)NC(C)c3cn(C)nc3C)cc(=O)oc2c1. The molecule has 7 nitrogen and oxygen atoms in total. The zero-order chi connectivity index (χ0) is 18.8. The molecule has 0 aliphatic carbocycles. The Bertz CT molecular complexity index is 1020. The van der Waals surface area contributed by atoms with Gasteiger partial charge in [-0.05, 0) is 32.9 Å². The second kappa shape index (κ2) is 7.03. The van der Waals surface area contributed by atoms with Crippen LogP contribution in [0.5, 0.6) is 5.75 Å². The van der Waals surface area contributed by atoms with Crippen LogP contribution in [0.25, 0.3) is 11.0 Å². The number of amides is 1. The van der Waals surface area contributed by atoms with Crippen molar-refractivity contribution in [3.05, 3.63) is 57.7 Å². The van der Waals surface area contributed by atoms with Crippen LogP contribution in [0.2, 0.25) is 0 Å². The maximum absolute atomic E-state index is 12.8. The first-order chi connectivity index (χ1) is 12.4. The van der Waals surface area contributed by atoms with Gasteiger partial charge in [-0.3, -0.25) is 9.48 Å². The summed E-state index contributed by atoms with van der Waals surface area (Å²) >= 11 is 0. The van der Waals surface area contributed by atoms with E-state index in [9.17, 15) is 9.59 Å². The van der Waals surface area contributed by atoms with Crippen molar-refractivity contribution in [1.82, 2.24) is 15.1 Å². The smallest absolute Gasteiger partial charge is 0.337 e. The van der Waals surface area contributed by atoms with E-state index in [1.165, 1.54) is 6.07 Å². The standard InChI is InChI=1S/C19H21N3O4/c1-5-25-13-6-7-14-15(9-18(23)26-17(14)8-13)19(24)20-11(2)16-10-22(4)21-12(16)3/h6-11H,5H2,1-4H3,(H,20,24). The maximum Gasteiger partial charge on any atom is 0.337 e. The third-order valence-electron chi connectivity index (χ3n) is 4.14. The zero-order valence-corrected chi connectivity index (χ0v) is 15.2. The van der Waals surface area contributed by atoms with Crippen LogP contribution in [0.1, 0.15) is 41.5 Å². The van der Waals surface area contributed by atoms with E-state index in [0.29, 0.717) is 23.3 Å². The molecule has 136 valence electrons. The molecule has 0 saturated carbocycles. The molecule has 0 aliphatic rings. The Balaban J connectivity index is 1.95. The number of benzene rings is 1. The maximum atomic E-state index is 12.8.